The van der Waals surface area contributed by atoms with Crippen molar-refractivity contribution in [1.29, 1.82) is 0 Å². The van der Waals surface area contributed by atoms with Gasteiger partial charge in [-0.2, -0.15) is 0 Å². The van der Waals surface area contributed by atoms with Gasteiger partial charge in [0.2, 0.25) is 0 Å². The van der Waals surface area contributed by atoms with E-state index in [1.807, 2.05) is 0 Å². The van der Waals surface area contributed by atoms with Crippen LogP contribution in [-0.4, -0.2) is 0 Å². The summed E-state index contributed by atoms with van der Waals surface area (Å²) in [4.78, 5) is 4.78. The SMILES string of the molecule is c1ccc(-c2cc(-c3ccc(N(c4ccccc4)c4ccccc4-c4ccccc4)cc3)c(-c3ccccc3)cc2-c2ccc(N(c3ccccc3)c3ccc4c(c3)C(c3ccccc3)(c3ccccc3)c3ccccc3-4)cc2)cc1. The van der Waals surface area contributed by atoms with Crippen molar-refractivity contribution in [2.45, 2.75) is 5.41 Å². The van der Waals surface area contributed by atoms with Crippen molar-refractivity contribution in [1.82, 2.24) is 0 Å². The fourth-order valence-electron chi connectivity index (χ4n) is 12.5. The molecule has 0 fully saturated rings. The van der Waals surface area contributed by atoms with Crippen molar-refractivity contribution < 1.29 is 0 Å². The fraction of sp³-hybridized carbons (Fsp3) is 0.0127. The second-order valence-electron chi connectivity index (χ2n) is 20.8. The summed E-state index contributed by atoms with van der Waals surface area (Å²) in [5.41, 5.74) is 25.2. The van der Waals surface area contributed by atoms with Crippen molar-refractivity contribution in [2.24, 2.45) is 0 Å². The predicted octanol–water partition coefficient (Wildman–Crippen LogP) is 21.3. The highest BCUT2D eigenvalue weighted by molar-refractivity contribution is 5.97. The smallest absolute Gasteiger partial charge is 0.0714 e. The van der Waals surface area contributed by atoms with Gasteiger partial charge in [-0.25, -0.2) is 0 Å². The number of nitrogens with zero attached hydrogens (tertiary/aromatic N) is 2. The first-order valence-electron chi connectivity index (χ1n) is 27.9. The lowest BCUT2D eigenvalue weighted by atomic mass is 9.67. The molecule has 0 heterocycles. The first-order valence-corrected chi connectivity index (χ1v) is 27.9. The van der Waals surface area contributed by atoms with Crippen LogP contribution in [0, 0.1) is 0 Å². The second kappa shape index (κ2) is 21.4. The van der Waals surface area contributed by atoms with E-state index >= 15 is 0 Å². The third kappa shape index (κ3) is 8.90. The lowest BCUT2D eigenvalue weighted by molar-refractivity contribution is 0.768. The molecular formula is C79H56N2. The quantitative estimate of drug-likeness (QED) is 0.114. The summed E-state index contributed by atoms with van der Waals surface area (Å²) >= 11 is 0. The lowest BCUT2D eigenvalue weighted by Crippen LogP contribution is -2.28. The normalized spacial score (nSPS) is 12.0. The molecule has 2 nitrogen and oxygen atoms in total. The average molecular weight is 1030 g/mol. The molecule has 0 unspecified atom stereocenters. The van der Waals surface area contributed by atoms with Crippen molar-refractivity contribution in [3.05, 3.63) is 362 Å². The van der Waals surface area contributed by atoms with Crippen LogP contribution in [0.5, 0.6) is 0 Å². The lowest BCUT2D eigenvalue weighted by Gasteiger charge is -2.35. The van der Waals surface area contributed by atoms with E-state index in [2.05, 4.69) is 350 Å². The summed E-state index contributed by atoms with van der Waals surface area (Å²) < 4.78 is 0. The van der Waals surface area contributed by atoms with Crippen LogP contribution in [0.3, 0.4) is 0 Å². The van der Waals surface area contributed by atoms with Crippen LogP contribution in [0.25, 0.3) is 66.8 Å². The number of hydrogen-bond donors (Lipinski definition) is 0. The molecule has 0 radical (unpaired) electrons. The van der Waals surface area contributed by atoms with E-state index in [-0.39, 0.29) is 0 Å². The van der Waals surface area contributed by atoms with Crippen LogP contribution >= 0.6 is 0 Å². The van der Waals surface area contributed by atoms with Crippen molar-refractivity contribution >= 4 is 34.1 Å². The molecule has 0 aromatic heterocycles. The van der Waals surface area contributed by atoms with E-state index in [0.29, 0.717) is 0 Å². The second-order valence-corrected chi connectivity index (χ2v) is 20.8. The molecule has 0 saturated heterocycles. The molecule has 81 heavy (non-hydrogen) atoms. The van der Waals surface area contributed by atoms with Gasteiger partial charge in [-0.15, -0.1) is 0 Å². The van der Waals surface area contributed by atoms with E-state index in [9.17, 15) is 0 Å². The third-order valence-electron chi connectivity index (χ3n) is 16.2. The zero-order valence-electron chi connectivity index (χ0n) is 44.7. The molecule has 14 rings (SSSR count). The number of fused-ring (bicyclic) bond motifs is 3. The van der Waals surface area contributed by atoms with Gasteiger partial charge in [-0.05, 0) is 162 Å². The molecule has 2 heteroatoms. The molecule has 13 aromatic rings. The zero-order valence-corrected chi connectivity index (χ0v) is 44.7. The number of anilines is 6. The Morgan fingerprint density at radius 1 is 0.185 bits per heavy atom. The highest BCUT2D eigenvalue weighted by Gasteiger charge is 2.46. The van der Waals surface area contributed by atoms with Crippen molar-refractivity contribution in [3.63, 3.8) is 0 Å². The number of benzene rings is 13. The van der Waals surface area contributed by atoms with Gasteiger partial charge in [0.05, 0.1) is 11.1 Å². The van der Waals surface area contributed by atoms with Gasteiger partial charge in [-0.1, -0.05) is 261 Å². The number of rotatable bonds is 13. The number of para-hydroxylation sites is 3. The molecule has 0 bridgehead atoms. The molecular weight excluding hydrogens is 977 g/mol. The molecule has 0 atom stereocenters. The Morgan fingerprint density at radius 2 is 0.506 bits per heavy atom. The molecule has 0 spiro atoms. The van der Waals surface area contributed by atoms with Gasteiger partial charge in [0.1, 0.15) is 0 Å². The maximum absolute atomic E-state index is 2.45. The first-order chi connectivity index (χ1) is 40.2. The summed E-state index contributed by atoms with van der Waals surface area (Å²) in [6, 6.07) is 124. The summed E-state index contributed by atoms with van der Waals surface area (Å²) in [5, 5.41) is 0. The first kappa shape index (κ1) is 48.8. The minimum atomic E-state index is -0.521. The Hall–Kier alpha value is -10.5. The van der Waals surface area contributed by atoms with Crippen LogP contribution in [-0.2, 0) is 5.41 Å². The van der Waals surface area contributed by atoms with Gasteiger partial charge < -0.3 is 9.80 Å². The van der Waals surface area contributed by atoms with Crippen LogP contribution in [0.2, 0.25) is 0 Å². The molecule has 13 aromatic carbocycles. The molecule has 0 amide bonds. The molecule has 382 valence electrons. The zero-order chi connectivity index (χ0) is 54.0. The maximum Gasteiger partial charge on any atom is 0.0714 e. The Labute approximate surface area is 475 Å². The van der Waals surface area contributed by atoms with E-state index in [0.717, 1.165) is 61.9 Å². The molecule has 0 N–H and O–H groups in total. The van der Waals surface area contributed by atoms with Gasteiger partial charge >= 0.3 is 0 Å². The van der Waals surface area contributed by atoms with E-state index in [1.54, 1.807) is 0 Å². The standard InChI is InChI=1S/C79H56N2/c1-8-26-57(27-9-1)69-40-23-25-43-78(69)81(65-38-20-7-21-39-65)67-50-46-61(47-51-67)75-56-72(58-28-10-2-11-29-58)74(55-73(75)59-30-12-3-13-31-59)60-44-48-66(49-45-60)80(64-36-18-6-19-37-64)68-52-53-71-70-41-22-24-42-76(70)79(77(71)54-68,62-32-14-4-15-33-62)63-34-16-5-17-35-63/h1-56H. The van der Waals surface area contributed by atoms with Crippen molar-refractivity contribution in [3.8, 4) is 66.8 Å². The van der Waals surface area contributed by atoms with E-state index in [4.69, 9.17) is 0 Å². The maximum atomic E-state index is 2.45. The molecule has 0 saturated carbocycles. The topological polar surface area (TPSA) is 6.48 Å². The summed E-state index contributed by atoms with van der Waals surface area (Å²) in [7, 11) is 0. The van der Waals surface area contributed by atoms with Crippen LogP contribution in [0.4, 0.5) is 34.1 Å². The minimum Gasteiger partial charge on any atom is -0.310 e. The van der Waals surface area contributed by atoms with E-state index < -0.39 is 5.41 Å². The summed E-state index contributed by atoms with van der Waals surface area (Å²) in [6.45, 7) is 0. The largest absolute Gasteiger partial charge is 0.310 e. The van der Waals surface area contributed by atoms with Gasteiger partial charge in [0.15, 0.2) is 0 Å². The molecule has 0 aliphatic heterocycles. The fourth-order valence-corrected chi connectivity index (χ4v) is 12.5. The monoisotopic (exact) mass is 1030 g/mol. The average Bonchev–Trinajstić information content (AvgIpc) is 3.98. The third-order valence-corrected chi connectivity index (χ3v) is 16.2. The van der Waals surface area contributed by atoms with Gasteiger partial charge in [0, 0.05) is 34.0 Å². The number of hydrogen-bond acceptors (Lipinski definition) is 2. The Balaban J connectivity index is 0.895. The Morgan fingerprint density at radius 3 is 0.988 bits per heavy atom. The minimum absolute atomic E-state index is 0.521. The summed E-state index contributed by atoms with van der Waals surface area (Å²) in [5.74, 6) is 0. The van der Waals surface area contributed by atoms with Crippen LogP contribution in [0.15, 0.2) is 340 Å². The van der Waals surface area contributed by atoms with Crippen LogP contribution in [0.1, 0.15) is 22.3 Å². The Kier molecular flexibility index (Phi) is 12.9. The van der Waals surface area contributed by atoms with Crippen LogP contribution < -0.4 is 9.80 Å². The summed E-state index contributed by atoms with van der Waals surface area (Å²) in [6.07, 6.45) is 0. The highest BCUT2D eigenvalue weighted by atomic mass is 15.1. The van der Waals surface area contributed by atoms with E-state index in [1.165, 1.54) is 61.2 Å². The Bertz CT molecular complexity index is 4240. The van der Waals surface area contributed by atoms with Gasteiger partial charge in [-0.3, -0.25) is 0 Å². The molecule has 1 aliphatic rings. The predicted molar refractivity (Wildman–Crippen MR) is 340 cm³/mol. The molecule has 1 aliphatic carbocycles. The van der Waals surface area contributed by atoms with Crippen molar-refractivity contribution in [2.75, 3.05) is 9.80 Å². The van der Waals surface area contributed by atoms with Gasteiger partial charge in [0.25, 0.3) is 0 Å². The highest BCUT2D eigenvalue weighted by Crippen LogP contribution is 2.57.